The van der Waals surface area contributed by atoms with Gasteiger partial charge in [0.05, 0.1) is 18.2 Å². The Morgan fingerprint density at radius 3 is 2.80 bits per heavy atom. The van der Waals surface area contributed by atoms with E-state index in [9.17, 15) is 4.79 Å². The van der Waals surface area contributed by atoms with Crippen molar-refractivity contribution in [2.75, 3.05) is 7.11 Å². The van der Waals surface area contributed by atoms with E-state index in [0.717, 1.165) is 16.6 Å². The zero-order valence-corrected chi connectivity index (χ0v) is 11.0. The lowest BCUT2D eigenvalue weighted by atomic mass is 10.1. The third-order valence-corrected chi connectivity index (χ3v) is 3.15. The summed E-state index contributed by atoms with van der Waals surface area (Å²) in [6.45, 7) is 0. The summed E-state index contributed by atoms with van der Waals surface area (Å²) >= 11 is 0. The molecule has 100 valence electrons. The van der Waals surface area contributed by atoms with E-state index in [1.165, 1.54) is 0 Å². The van der Waals surface area contributed by atoms with Gasteiger partial charge in [0, 0.05) is 24.1 Å². The molecule has 0 bridgehead atoms. The number of benzene rings is 1. The number of fused-ring (bicyclic) bond motifs is 1. The molecule has 0 amide bonds. The molecule has 1 aromatic carbocycles. The Kier molecular flexibility index (Phi) is 3.16. The molecular formula is C15H13N3O2. The van der Waals surface area contributed by atoms with Crippen molar-refractivity contribution in [2.24, 2.45) is 0 Å². The monoisotopic (exact) mass is 267 g/mol. The molecular weight excluding hydrogens is 254 g/mol. The number of aromatic nitrogens is 3. The van der Waals surface area contributed by atoms with E-state index in [0.29, 0.717) is 17.7 Å². The highest BCUT2D eigenvalue weighted by molar-refractivity contribution is 5.83. The predicted molar refractivity (Wildman–Crippen MR) is 76.0 cm³/mol. The van der Waals surface area contributed by atoms with Gasteiger partial charge in [-0.3, -0.25) is 4.79 Å². The van der Waals surface area contributed by atoms with Crippen molar-refractivity contribution in [3.63, 3.8) is 0 Å². The highest BCUT2D eigenvalue weighted by atomic mass is 16.5. The zero-order chi connectivity index (χ0) is 13.9. The Morgan fingerprint density at radius 1 is 1.20 bits per heavy atom. The average molecular weight is 267 g/mol. The van der Waals surface area contributed by atoms with E-state index >= 15 is 0 Å². The Morgan fingerprint density at radius 2 is 2.00 bits per heavy atom. The second kappa shape index (κ2) is 5.13. The molecule has 5 heteroatoms. The average Bonchev–Trinajstić information content (AvgIpc) is 2.51. The minimum Gasteiger partial charge on any atom is -0.481 e. The molecule has 20 heavy (non-hydrogen) atoms. The van der Waals surface area contributed by atoms with E-state index in [1.807, 2.05) is 30.3 Å². The SMILES string of the molecule is COc1cc(Cc2n[nH]c(=O)c3ccccc23)ccn1. The summed E-state index contributed by atoms with van der Waals surface area (Å²) in [6.07, 6.45) is 2.30. The molecule has 2 heterocycles. The molecule has 5 nitrogen and oxygen atoms in total. The molecule has 2 aromatic heterocycles. The van der Waals surface area contributed by atoms with Crippen molar-refractivity contribution in [1.29, 1.82) is 0 Å². The predicted octanol–water partition coefficient (Wildman–Crippen LogP) is 1.92. The van der Waals surface area contributed by atoms with Crippen molar-refractivity contribution in [2.45, 2.75) is 6.42 Å². The summed E-state index contributed by atoms with van der Waals surface area (Å²) in [6, 6.07) is 11.2. The molecule has 1 N–H and O–H groups in total. The smallest absolute Gasteiger partial charge is 0.272 e. The lowest BCUT2D eigenvalue weighted by molar-refractivity contribution is 0.397. The summed E-state index contributed by atoms with van der Waals surface area (Å²) in [5, 5.41) is 8.22. The maximum Gasteiger partial charge on any atom is 0.272 e. The first-order valence-corrected chi connectivity index (χ1v) is 6.23. The number of nitrogens with one attached hydrogen (secondary N) is 1. The van der Waals surface area contributed by atoms with Gasteiger partial charge in [0.1, 0.15) is 0 Å². The minimum absolute atomic E-state index is 0.170. The number of ether oxygens (including phenoxy) is 1. The van der Waals surface area contributed by atoms with E-state index in [-0.39, 0.29) is 5.56 Å². The first-order valence-electron chi connectivity index (χ1n) is 6.23. The normalized spacial score (nSPS) is 10.7. The van der Waals surface area contributed by atoms with Crippen LogP contribution in [0.3, 0.4) is 0 Å². The lowest BCUT2D eigenvalue weighted by Gasteiger charge is -2.06. The number of pyridine rings is 1. The Labute approximate surface area is 115 Å². The molecule has 0 aliphatic carbocycles. The second-order valence-electron chi connectivity index (χ2n) is 4.43. The summed E-state index contributed by atoms with van der Waals surface area (Å²) in [5.41, 5.74) is 1.69. The molecule has 0 atom stereocenters. The van der Waals surface area contributed by atoms with Crippen LogP contribution < -0.4 is 10.3 Å². The Bertz CT molecular complexity index is 811. The number of H-pyrrole nitrogens is 1. The lowest BCUT2D eigenvalue weighted by Crippen LogP contribution is -2.11. The van der Waals surface area contributed by atoms with Crippen LogP contribution in [0.15, 0.2) is 47.4 Å². The third-order valence-electron chi connectivity index (χ3n) is 3.15. The third kappa shape index (κ3) is 2.25. The van der Waals surface area contributed by atoms with Gasteiger partial charge in [0.25, 0.3) is 5.56 Å². The highest BCUT2D eigenvalue weighted by Gasteiger charge is 2.07. The second-order valence-corrected chi connectivity index (χ2v) is 4.43. The summed E-state index contributed by atoms with van der Waals surface area (Å²) in [7, 11) is 1.58. The molecule has 0 fully saturated rings. The van der Waals surface area contributed by atoms with Crippen LogP contribution in [0.2, 0.25) is 0 Å². The van der Waals surface area contributed by atoms with E-state index < -0.39 is 0 Å². The maximum absolute atomic E-state index is 11.7. The summed E-state index contributed by atoms with van der Waals surface area (Å²) < 4.78 is 5.11. The van der Waals surface area contributed by atoms with Crippen LogP contribution in [0.5, 0.6) is 5.88 Å². The molecule has 0 radical (unpaired) electrons. The zero-order valence-electron chi connectivity index (χ0n) is 11.0. The number of rotatable bonds is 3. The molecule has 0 spiro atoms. The molecule has 0 saturated heterocycles. The quantitative estimate of drug-likeness (QED) is 0.787. The standard InChI is InChI=1S/C15H13N3O2/c1-20-14-9-10(6-7-16-14)8-13-11-4-2-3-5-12(11)15(19)18-17-13/h2-7,9H,8H2,1H3,(H,18,19). The van der Waals surface area contributed by atoms with Gasteiger partial charge in [0.2, 0.25) is 5.88 Å². The number of aromatic amines is 1. The first-order chi connectivity index (χ1) is 9.78. The maximum atomic E-state index is 11.7. The molecule has 0 unspecified atom stereocenters. The van der Waals surface area contributed by atoms with Gasteiger partial charge in [-0.05, 0) is 17.7 Å². The topological polar surface area (TPSA) is 67.9 Å². The highest BCUT2D eigenvalue weighted by Crippen LogP contribution is 2.17. The van der Waals surface area contributed by atoms with Gasteiger partial charge in [-0.15, -0.1) is 0 Å². The molecule has 0 aliphatic heterocycles. The molecule has 3 aromatic rings. The van der Waals surface area contributed by atoms with Gasteiger partial charge in [-0.2, -0.15) is 5.10 Å². The molecule has 0 saturated carbocycles. The number of hydrogen-bond acceptors (Lipinski definition) is 4. The van der Waals surface area contributed by atoms with E-state index in [1.54, 1.807) is 19.4 Å². The molecule has 0 aliphatic rings. The van der Waals surface area contributed by atoms with Crippen molar-refractivity contribution in [1.82, 2.24) is 15.2 Å². The Hall–Kier alpha value is -2.69. The Balaban J connectivity index is 2.07. The van der Waals surface area contributed by atoms with Crippen LogP contribution in [0.25, 0.3) is 10.8 Å². The minimum atomic E-state index is -0.170. The van der Waals surface area contributed by atoms with Crippen LogP contribution in [-0.4, -0.2) is 22.3 Å². The van der Waals surface area contributed by atoms with Crippen LogP contribution in [0.1, 0.15) is 11.3 Å². The van der Waals surface area contributed by atoms with Gasteiger partial charge in [0.15, 0.2) is 0 Å². The number of methoxy groups -OCH3 is 1. The fraction of sp³-hybridized carbons (Fsp3) is 0.133. The number of nitrogens with zero attached hydrogens (tertiary/aromatic N) is 2. The number of hydrogen-bond donors (Lipinski definition) is 1. The van der Waals surface area contributed by atoms with Gasteiger partial charge in [-0.1, -0.05) is 18.2 Å². The van der Waals surface area contributed by atoms with Gasteiger partial charge in [-0.25, -0.2) is 10.1 Å². The van der Waals surface area contributed by atoms with Crippen molar-refractivity contribution in [3.05, 3.63) is 64.2 Å². The van der Waals surface area contributed by atoms with Crippen LogP contribution >= 0.6 is 0 Å². The summed E-state index contributed by atoms with van der Waals surface area (Å²) in [5.74, 6) is 0.566. The summed E-state index contributed by atoms with van der Waals surface area (Å²) in [4.78, 5) is 15.8. The van der Waals surface area contributed by atoms with Gasteiger partial charge < -0.3 is 4.74 Å². The van der Waals surface area contributed by atoms with Crippen LogP contribution in [0.4, 0.5) is 0 Å². The fourth-order valence-electron chi connectivity index (χ4n) is 2.17. The largest absolute Gasteiger partial charge is 0.481 e. The van der Waals surface area contributed by atoms with E-state index in [4.69, 9.17) is 4.74 Å². The van der Waals surface area contributed by atoms with Crippen molar-refractivity contribution in [3.8, 4) is 5.88 Å². The molecule has 3 rings (SSSR count). The van der Waals surface area contributed by atoms with Gasteiger partial charge >= 0.3 is 0 Å². The van der Waals surface area contributed by atoms with Crippen LogP contribution in [-0.2, 0) is 6.42 Å². The van der Waals surface area contributed by atoms with Crippen molar-refractivity contribution < 1.29 is 4.74 Å². The van der Waals surface area contributed by atoms with E-state index in [2.05, 4.69) is 15.2 Å². The van der Waals surface area contributed by atoms with Crippen LogP contribution in [0, 0.1) is 0 Å². The first kappa shape index (κ1) is 12.3. The van der Waals surface area contributed by atoms with Crippen molar-refractivity contribution >= 4 is 10.8 Å². The fourth-order valence-corrected chi connectivity index (χ4v) is 2.17.